The molecule has 1 aliphatic rings. The van der Waals surface area contributed by atoms with Crippen molar-refractivity contribution in [3.63, 3.8) is 0 Å². The maximum absolute atomic E-state index is 13.3. The summed E-state index contributed by atoms with van der Waals surface area (Å²) >= 11 is 0. The van der Waals surface area contributed by atoms with Crippen molar-refractivity contribution in [2.45, 2.75) is 38.8 Å². The van der Waals surface area contributed by atoms with Gasteiger partial charge in [0.1, 0.15) is 11.9 Å². The number of carboxylic acid groups (broad SMARTS) is 1. The van der Waals surface area contributed by atoms with E-state index < -0.39 is 23.9 Å². The van der Waals surface area contributed by atoms with Crippen LogP contribution in [0.1, 0.15) is 48.9 Å². The van der Waals surface area contributed by atoms with Crippen LogP contribution in [0.25, 0.3) is 22.4 Å². The number of ether oxygens (including phenoxy) is 1. The third-order valence-electron chi connectivity index (χ3n) is 6.71. The molecule has 2 aromatic carbocycles. The molecule has 2 atom stereocenters. The van der Waals surface area contributed by atoms with Crippen LogP contribution in [0.4, 0.5) is 4.79 Å². The van der Waals surface area contributed by atoms with E-state index in [9.17, 15) is 19.2 Å². The molecule has 0 bridgehead atoms. The van der Waals surface area contributed by atoms with E-state index >= 15 is 0 Å². The first-order valence-electron chi connectivity index (χ1n) is 12.4. The van der Waals surface area contributed by atoms with Gasteiger partial charge in [-0.2, -0.15) is 0 Å². The number of carbonyl (C=O) groups is 4. The number of carbonyl (C=O) groups excluding carboxylic acids is 3. The number of hydrogen-bond acceptors (Lipinski definition) is 6. The minimum Gasteiger partial charge on any atom is -0.475 e. The summed E-state index contributed by atoms with van der Waals surface area (Å²) in [5.41, 5.74) is 3.61. The summed E-state index contributed by atoms with van der Waals surface area (Å²) in [4.78, 5) is 57.3. The zero-order valence-corrected chi connectivity index (χ0v) is 21.4. The lowest BCUT2D eigenvalue weighted by Gasteiger charge is -2.30. The Morgan fingerprint density at radius 1 is 1.03 bits per heavy atom. The number of aromatic nitrogens is 2. The Bertz CT molecular complexity index is 1330. The molecule has 1 aromatic heterocycles. The monoisotopic (exact) mass is 518 g/mol. The van der Waals surface area contributed by atoms with Gasteiger partial charge in [-0.3, -0.25) is 9.59 Å². The van der Waals surface area contributed by atoms with Gasteiger partial charge in [-0.25, -0.2) is 14.6 Å². The number of methoxy groups -OCH3 is 1. The van der Waals surface area contributed by atoms with Crippen molar-refractivity contribution in [2.75, 3.05) is 13.7 Å². The molecular formula is C28H30N4O6. The molecule has 0 spiro atoms. The van der Waals surface area contributed by atoms with Gasteiger partial charge < -0.3 is 25.0 Å². The molecule has 38 heavy (non-hydrogen) atoms. The van der Waals surface area contributed by atoms with Gasteiger partial charge in [0.25, 0.3) is 5.78 Å². The first kappa shape index (κ1) is 26.6. The number of ketones is 1. The number of nitrogens with one attached hydrogen (secondary N) is 2. The van der Waals surface area contributed by atoms with Gasteiger partial charge in [0.15, 0.2) is 0 Å². The average molecular weight is 519 g/mol. The van der Waals surface area contributed by atoms with E-state index in [1.165, 1.54) is 19.2 Å². The lowest BCUT2D eigenvalue weighted by molar-refractivity contribution is -0.135. The van der Waals surface area contributed by atoms with Gasteiger partial charge in [0.05, 0.1) is 25.0 Å². The Morgan fingerprint density at radius 3 is 2.21 bits per heavy atom. The molecule has 0 unspecified atom stereocenters. The molecule has 2 amide bonds. The summed E-state index contributed by atoms with van der Waals surface area (Å²) in [6.07, 6.45) is 2.70. The van der Waals surface area contributed by atoms with Crippen molar-refractivity contribution in [1.29, 1.82) is 0 Å². The zero-order valence-electron chi connectivity index (χ0n) is 21.4. The summed E-state index contributed by atoms with van der Waals surface area (Å²) in [6.45, 7) is 4.33. The van der Waals surface area contributed by atoms with Crippen molar-refractivity contribution in [3.8, 4) is 22.4 Å². The number of alkyl carbamates (subject to hydrolysis) is 1. The lowest BCUT2D eigenvalue weighted by atomic mass is 10.0. The van der Waals surface area contributed by atoms with Crippen molar-refractivity contribution in [2.24, 2.45) is 5.92 Å². The lowest BCUT2D eigenvalue weighted by Crippen LogP contribution is -2.51. The molecule has 10 heteroatoms. The molecule has 198 valence electrons. The Kier molecular flexibility index (Phi) is 7.90. The van der Waals surface area contributed by atoms with Gasteiger partial charge in [0, 0.05) is 12.1 Å². The summed E-state index contributed by atoms with van der Waals surface area (Å²) in [5.74, 6) is -2.00. The van der Waals surface area contributed by atoms with Gasteiger partial charge in [0.2, 0.25) is 5.91 Å². The maximum atomic E-state index is 13.3. The molecule has 0 saturated carbocycles. The molecular weight excluding hydrogens is 488 g/mol. The summed E-state index contributed by atoms with van der Waals surface area (Å²) in [6, 6.07) is 13.3. The van der Waals surface area contributed by atoms with Crippen LogP contribution in [0, 0.1) is 5.92 Å². The highest BCUT2D eigenvalue weighted by molar-refractivity contribution is 6.39. The van der Waals surface area contributed by atoms with E-state index in [0.29, 0.717) is 12.4 Å². The largest absolute Gasteiger partial charge is 0.475 e. The Balaban J connectivity index is 1.49. The molecule has 1 fully saturated rings. The molecule has 1 aliphatic heterocycles. The van der Waals surface area contributed by atoms with Gasteiger partial charge in [-0.05, 0) is 35.4 Å². The van der Waals surface area contributed by atoms with Crippen molar-refractivity contribution < 1.29 is 29.0 Å². The van der Waals surface area contributed by atoms with Gasteiger partial charge >= 0.3 is 12.1 Å². The molecule has 10 nitrogen and oxygen atoms in total. The van der Waals surface area contributed by atoms with Crippen LogP contribution in [-0.4, -0.2) is 63.4 Å². The van der Waals surface area contributed by atoms with Crippen LogP contribution in [0.3, 0.4) is 0 Å². The van der Waals surface area contributed by atoms with Crippen LogP contribution in [0.15, 0.2) is 54.7 Å². The second kappa shape index (κ2) is 11.3. The molecule has 1 saturated heterocycles. The molecule has 4 rings (SSSR count). The number of carboxylic acids is 1. The fourth-order valence-electron chi connectivity index (χ4n) is 4.63. The maximum Gasteiger partial charge on any atom is 0.407 e. The first-order chi connectivity index (χ1) is 18.2. The summed E-state index contributed by atoms with van der Waals surface area (Å²) in [5, 5.41) is 11.5. The first-order valence-corrected chi connectivity index (χ1v) is 12.4. The summed E-state index contributed by atoms with van der Waals surface area (Å²) < 4.78 is 4.69. The minimum atomic E-state index is -1.48. The Hall–Kier alpha value is -4.47. The number of aliphatic carboxylic acids is 1. The fraction of sp³-hybridized carbons (Fsp3) is 0.321. The van der Waals surface area contributed by atoms with E-state index in [-0.39, 0.29) is 23.4 Å². The van der Waals surface area contributed by atoms with E-state index in [1.807, 2.05) is 38.1 Å². The second-order valence-electron chi connectivity index (χ2n) is 9.52. The third kappa shape index (κ3) is 5.59. The highest BCUT2D eigenvalue weighted by atomic mass is 16.5. The predicted molar refractivity (Wildman–Crippen MR) is 139 cm³/mol. The molecule has 3 N–H and O–H groups in total. The zero-order chi connectivity index (χ0) is 27.4. The quantitative estimate of drug-likeness (QED) is 0.302. The van der Waals surface area contributed by atoms with Crippen molar-refractivity contribution >= 4 is 23.8 Å². The highest BCUT2D eigenvalue weighted by Gasteiger charge is 2.37. The van der Waals surface area contributed by atoms with Gasteiger partial charge in [-0.15, -0.1) is 0 Å². The SMILES string of the molecule is COC(=O)N[C@H](C(=O)N1CCC[C@H]1c1ncc(-c2ccc(-c3ccc(C(=O)C(=O)O)cc3)cc2)[nH]1)C(C)C. The average Bonchev–Trinajstić information content (AvgIpc) is 3.61. The minimum absolute atomic E-state index is 0.109. The number of benzene rings is 2. The number of Topliss-reactive ketones (excluding diaryl/α,β-unsaturated/α-hetero) is 1. The number of hydrogen-bond donors (Lipinski definition) is 3. The number of likely N-dealkylation sites (tertiary alicyclic amines) is 1. The molecule has 2 heterocycles. The third-order valence-corrected chi connectivity index (χ3v) is 6.71. The number of amides is 2. The fourth-order valence-corrected chi connectivity index (χ4v) is 4.63. The van der Waals surface area contributed by atoms with E-state index in [4.69, 9.17) is 9.84 Å². The van der Waals surface area contributed by atoms with Crippen LogP contribution in [0.5, 0.6) is 0 Å². The Labute approximate surface area is 220 Å². The van der Waals surface area contributed by atoms with E-state index in [0.717, 1.165) is 35.2 Å². The number of aromatic amines is 1. The molecule has 0 aliphatic carbocycles. The van der Waals surface area contributed by atoms with Gasteiger partial charge in [-0.1, -0.05) is 62.4 Å². The standard InChI is InChI=1S/C28H30N4O6/c1-16(2)23(31-28(37)38-3)26(34)32-14-4-5-22(32)25-29-15-21(30-25)19-10-6-17(7-11-19)18-8-12-20(13-9-18)24(33)27(35)36/h6-13,15-16,22-23H,4-5,14H2,1-3H3,(H,29,30)(H,31,37)(H,35,36)/t22-,23-/m0/s1. The predicted octanol–water partition coefficient (Wildman–Crippen LogP) is 4.06. The van der Waals surface area contributed by atoms with E-state index in [1.54, 1.807) is 23.2 Å². The molecule has 0 radical (unpaired) electrons. The van der Waals surface area contributed by atoms with Crippen LogP contribution in [0.2, 0.25) is 0 Å². The van der Waals surface area contributed by atoms with Crippen molar-refractivity contribution in [1.82, 2.24) is 20.2 Å². The van der Waals surface area contributed by atoms with Crippen LogP contribution in [-0.2, 0) is 14.3 Å². The van der Waals surface area contributed by atoms with E-state index in [2.05, 4.69) is 15.3 Å². The molecule has 3 aromatic rings. The normalized spacial score (nSPS) is 15.8. The number of imidazole rings is 1. The number of rotatable bonds is 8. The topological polar surface area (TPSA) is 142 Å². The number of nitrogens with zero attached hydrogens (tertiary/aromatic N) is 2. The van der Waals surface area contributed by atoms with Crippen LogP contribution < -0.4 is 5.32 Å². The Morgan fingerprint density at radius 2 is 1.63 bits per heavy atom. The summed E-state index contributed by atoms with van der Waals surface area (Å²) in [7, 11) is 1.27. The second-order valence-corrected chi connectivity index (χ2v) is 9.52. The number of H-pyrrole nitrogens is 1. The highest BCUT2D eigenvalue weighted by Crippen LogP contribution is 2.33. The smallest absolute Gasteiger partial charge is 0.407 e. The van der Waals surface area contributed by atoms with Crippen LogP contribution >= 0.6 is 0 Å². The van der Waals surface area contributed by atoms with Crippen molar-refractivity contribution in [3.05, 3.63) is 66.1 Å².